The number of nitrogens with zero attached hydrogens (tertiary/aromatic N) is 1. The summed E-state index contributed by atoms with van der Waals surface area (Å²) in [6, 6.07) is 13.4. The number of ether oxygens (including phenoxy) is 2. The van der Waals surface area contributed by atoms with Gasteiger partial charge in [-0.3, -0.25) is 0 Å². The van der Waals surface area contributed by atoms with Crippen LogP contribution in [0.3, 0.4) is 0 Å². The van der Waals surface area contributed by atoms with Gasteiger partial charge in [0.05, 0.1) is 5.57 Å². The second-order valence-electron chi connectivity index (χ2n) is 6.16. The summed E-state index contributed by atoms with van der Waals surface area (Å²) < 4.78 is 29.3. The van der Waals surface area contributed by atoms with E-state index in [-0.39, 0.29) is 19.0 Å². The summed E-state index contributed by atoms with van der Waals surface area (Å²) in [5.41, 5.74) is 3.24. The normalized spacial score (nSPS) is 12.7. The monoisotopic (exact) mass is 365 g/mol. The SMILES string of the molecule is Cc1c(COC(=O)C2=Cc3ccccc3OC2)noc1-c1ccc(F)cc1. The molecule has 2 heterocycles. The number of benzene rings is 2. The van der Waals surface area contributed by atoms with Crippen LogP contribution in [0, 0.1) is 12.7 Å². The minimum atomic E-state index is -0.463. The van der Waals surface area contributed by atoms with Gasteiger partial charge in [-0.2, -0.15) is 0 Å². The van der Waals surface area contributed by atoms with Crippen molar-refractivity contribution < 1.29 is 23.2 Å². The van der Waals surface area contributed by atoms with E-state index in [1.165, 1.54) is 12.1 Å². The molecule has 1 aliphatic heterocycles. The highest BCUT2D eigenvalue weighted by Crippen LogP contribution is 2.28. The van der Waals surface area contributed by atoms with E-state index < -0.39 is 5.97 Å². The van der Waals surface area contributed by atoms with Crippen LogP contribution in [-0.2, 0) is 16.1 Å². The number of rotatable bonds is 4. The molecule has 0 unspecified atom stereocenters. The Hall–Kier alpha value is -3.41. The van der Waals surface area contributed by atoms with Crippen molar-refractivity contribution in [3.8, 4) is 17.1 Å². The van der Waals surface area contributed by atoms with E-state index in [0.717, 1.165) is 16.9 Å². The zero-order chi connectivity index (χ0) is 18.8. The maximum atomic E-state index is 13.1. The van der Waals surface area contributed by atoms with Crippen molar-refractivity contribution in [1.82, 2.24) is 5.16 Å². The Kier molecular flexibility index (Phi) is 4.46. The first-order chi connectivity index (χ1) is 13.1. The predicted octanol–water partition coefficient (Wildman–Crippen LogP) is 4.31. The molecule has 136 valence electrons. The van der Waals surface area contributed by atoms with E-state index in [1.54, 1.807) is 18.2 Å². The number of hydrogen-bond donors (Lipinski definition) is 0. The molecule has 0 N–H and O–H groups in total. The van der Waals surface area contributed by atoms with Gasteiger partial charge in [-0.05, 0) is 43.3 Å². The first-order valence-corrected chi connectivity index (χ1v) is 8.42. The fourth-order valence-corrected chi connectivity index (χ4v) is 2.83. The first kappa shape index (κ1) is 17.0. The topological polar surface area (TPSA) is 61.6 Å². The van der Waals surface area contributed by atoms with Crippen LogP contribution in [0.2, 0.25) is 0 Å². The number of aromatic nitrogens is 1. The van der Waals surface area contributed by atoms with E-state index in [9.17, 15) is 9.18 Å². The van der Waals surface area contributed by atoms with E-state index in [4.69, 9.17) is 14.0 Å². The molecular weight excluding hydrogens is 349 g/mol. The van der Waals surface area contributed by atoms with Gasteiger partial charge in [0.15, 0.2) is 5.76 Å². The summed E-state index contributed by atoms with van der Waals surface area (Å²) in [7, 11) is 0. The second-order valence-corrected chi connectivity index (χ2v) is 6.16. The molecule has 0 spiro atoms. The van der Waals surface area contributed by atoms with Crippen LogP contribution in [0.5, 0.6) is 5.75 Å². The van der Waals surface area contributed by atoms with Crippen LogP contribution in [0.15, 0.2) is 58.6 Å². The Morgan fingerprint density at radius 1 is 1.19 bits per heavy atom. The third-order valence-corrected chi connectivity index (χ3v) is 4.36. The van der Waals surface area contributed by atoms with Gasteiger partial charge >= 0.3 is 5.97 Å². The molecule has 0 fully saturated rings. The Morgan fingerprint density at radius 3 is 2.78 bits per heavy atom. The molecule has 5 nitrogen and oxygen atoms in total. The highest BCUT2D eigenvalue weighted by atomic mass is 19.1. The molecule has 6 heteroatoms. The highest BCUT2D eigenvalue weighted by Gasteiger charge is 2.20. The lowest BCUT2D eigenvalue weighted by molar-refractivity contribution is -0.140. The molecule has 0 saturated carbocycles. The lowest BCUT2D eigenvalue weighted by atomic mass is 10.1. The summed E-state index contributed by atoms with van der Waals surface area (Å²) >= 11 is 0. The van der Waals surface area contributed by atoms with Gasteiger partial charge in [-0.15, -0.1) is 0 Å². The fourth-order valence-electron chi connectivity index (χ4n) is 2.83. The number of carbonyl (C=O) groups excluding carboxylic acids is 1. The van der Waals surface area contributed by atoms with Crippen LogP contribution in [0.1, 0.15) is 16.8 Å². The summed E-state index contributed by atoms with van der Waals surface area (Å²) in [6.45, 7) is 1.96. The van der Waals surface area contributed by atoms with Crippen LogP contribution < -0.4 is 4.74 Å². The average Bonchev–Trinajstić information content (AvgIpc) is 3.07. The number of halogens is 1. The number of para-hydroxylation sites is 1. The Labute approximate surface area is 155 Å². The molecule has 3 aromatic rings. The van der Waals surface area contributed by atoms with Gasteiger partial charge < -0.3 is 14.0 Å². The molecule has 0 saturated heterocycles. The number of esters is 1. The van der Waals surface area contributed by atoms with Crippen LogP contribution in [-0.4, -0.2) is 17.7 Å². The molecule has 0 atom stereocenters. The van der Waals surface area contributed by atoms with Gasteiger partial charge in [0.25, 0.3) is 0 Å². The van der Waals surface area contributed by atoms with Gasteiger partial charge in [0.2, 0.25) is 0 Å². The smallest absolute Gasteiger partial charge is 0.337 e. The summed E-state index contributed by atoms with van der Waals surface area (Å²) in [6.07, 6.45) is 1.76. The summed E-state index contributed by atoms with van der Waals surface area (Å²) in [5.74, 6) is 0.477. The average molecular weight is 365 g/mol. The van der Waals surface area contributed by atoms with Crippen LogP contribution >= 0.6 is 0 Å². The van der Waals surface area contributed by atoms with Crippen molar-refractivity contribution in [3.05, 3.63) is 76.7 Å². The zero-order valence-corrected chi connectivity index (χ0v) is 14.6. The van der Waals surface area contributed by atoms with Crippen molar-refractivity contribution in [2.75, 3.05) is 6.61 Å². The minimum absolute atomic E-state index is 0.0195. The van der Waals surface area contributed by atoms with Gasteiger partial charge in [0, 0.05) is 16.7 Å². The van der Waals surface area contributed by atoms with E-state index in [0.29, 0.717) is 22.6 Å². The van der Waals surface area contributed by atoms with E-state index in [1.807, 2.05) is 31.2 Å². The van der Waals surface area contributed by atoms with Gasteiger partial charge in [-0.25, -0.2) is 9.18 Å². The largest absolute Gasteiger partial charge is 0.488 e. The lowest BCUT2D eigenvalue weighted by Crippen LogP contribution is -2.17. The van der Waals surface area contributed by atoms with E-state index >= 15 is 0 Å². The Bertz CT molecular complexity index is 1020. The maximum Gasteiger partial charge on any atom is 0.337 e. The van der Waals surface area contributed by atoms with Gasteiger partial charge in [-0.1, -0.05) is 23.4 Å². The first-order valence-electron chi connectivity index (χ1n) is 8.42. The summed E-state index contributed by atoms with van der Waals surface area (Å²) in [5, 5.41) is 3.97. The van der Waals surface area contributed by atoms with Gasteiger partial charge in [0.1, 0.15) is 30.5 Å². The molecule has 0 radical (unpaired) electrons. The number of hydrogen-bond acceptors (Lipinski definition) is 5. The quantitative estimate of drug-likeness (QED) is 0.645. The number of carbonyl (C=O) groups is 1. The molecule has 1 aliphatic rings. The highest BCUT2D eigenvalue weighted by molar-refractivity contribution is 5.95. The maximum absolute atomic E-state index is 13.1. The van der Waals surface area contributed by atoms with E-state index in [2.05, 4.69) is 5.16 Å². The molecular formula is C21H16FNO4. The van der Waals surface area contributed by atoms with Crippen molar-refractivity contribution >= 4 is 12.0 Å². The minimum Gasteiger partial charge on any atom is -0.488 e. The third kappa shape index (κ3) is 3.46. The molecule has 0 amide bonds. The Morgan fingerprint density at radius 2 is 1.96 bits per heavy atom. The molecule has 1 aromatic heterocycles. The second kappa shape index (κ2) is 7.07. The zero-order valence-electron chi connectivity index (χ0n) is 14.6. The molecule has 0 bridgehead atoms. The molecule has 4 rings (SSSR count). The summed E-state index contributed by atoms with van der Waals surface area (Å²) in [4.78, 5) is 12.3. The standard InChI is InChI=1S/C21H16FNO4/c1-13-18(23-27-20(13)14-6-8-17(22)9-7-14)12-26-21(24)16-10-15-4-2-3-5-19(15)25-11-16/h2-10H,11-12H2,1H3. The fraction of sp³-hybridized carbons (Fsp3) is 0.143. The van der Waals surface area contributed by atoms with Crippen molar-refractivity contribution in [3.63, 3.8) is 0 Å². The van der Waals surface area contributed by atoms with Crippen molar-refractivity contribution in [1.29, 1.82) is 0 Å². The van der Waals surface area contributed by atoms with Crippen molar-refractivity contribution in [2.45, 2.75) is 13.5 Å². The molecule has 0 aliphatic carbocycles. The van der Waals surface area contributed by atoms with Crippen LogP contribution in [0.25, 0.3) is 17.4 Å². The Balaban J connectivity index is 1.46. The lowest BCUT2D eigenvalue weighted by Gasteiger charge is -2.16. The number of fused-ring (bicyclic) bond motifs is 1. The molecule has 27 heavy (non-hydrogen) atoms. The third-order valence-electron chi connectivity index (χ3n) is 4.36. The predicted molar refractivity (Wildman–Crippen MR) is 96.3 cm³/mol. The van der Waals surface area contributed by atoms with Crippen molar-refractivity contribution in [2.24, 2.45) is 0 Å². The molecule has 2 aromatic carbocycles. The van der Waals surface area contributed by atoms with Crippen LogP contribution in [0.4, 0.5) is 4.39 Å².